The maximum atomic E-state index is 13.8. The van der Waals surface area contributed by atoms with E-state index in [0.717, 1.165) is 27.4 Å². The number of thiazole rings is 1. The zero-order valence-electron chi connectivity index (χ0n) is 19.6. The Kier molecular flexibility index (Phi) is 6.09. The van der Waals surface area contributed by atoms with Crippen LogP contribution in [0.1, 0.15) is 21.9 Å². The molecule has 3 atom stereocenters. The molecule has 190 valence electrons. The van der Waals surface area contributed by atoms with E-state index in [0.29, 0.717) is 22.3 Å². The number of imide groups is 1. The Morgan fingerprint density at radius 3 is 2.45 bits per heavy atom. The third-order valence-electron chi connectivity index (χ3n) is 6.61. The Morgan fingerprint density at radius 2 is 1.71 bits per heavy atom. The molecule has 1 fully saturated rings. The molecular formula is C27H19N3O6S2. The number of carbonyl (C=O) groups excluding carboxylic acids is 2. The molecule has 1 saturated heterocycles. The number of rotatable bonds is 6. The summed E-state index contributed by atoms with van der Waals surface area (Å²) in [6, 6.07) is 22.4. The van der Waals surface area contributed by atoms with Crippen LogP contribution >= 0.6 is 23.1 Å². The maximum Gasteiger partial charge on any atom is 0.305 e. The van der Waals surface area contributed by atoms with E-state index in [4.69, 9.17) is 4.74 Å². The van der Waals surface area contributed by atoms with E-state index < -0.39 is 33.8 Å². The predicted molar refractivity (Wildman–Crippen MR) is 143 cm³/mol. The van der Waals surface area contributed by atoms with Gasteiger partial charge in [-0.2, -0.15) is 0 Å². The van der Waals surface area contributed by atoms with Crippen molar-refractivity contribution < 1.29 is 19.2 Å². The van der Waals surface area contributed by atoms with E-state index in [1.54, 1.807) is 0 Å². The first-order valence-corrected chi connectivity index (χ1v) is 13.4. The van der Waals surface area contributed by atoms with Crippen LogP contribution in [0.25, 0.3) is 0 Å². The van der Waals surface area contributed by atoms with E-state index in [-0.39, 0.29) is 16.2 Å². The van der Waals surface area contributed by atoms with Gasteiger partial charge in [0.15, 0.2) is 0 Å². The van der Waals surface area contributed by atoms with Crippen molar-refractivity contribution in [1.29, 1.82) is 0 Å². The highest BCUT2D eigenvalue weighted by atomic mass is 32.2. The molecule has 11 heteroatoms. The van der Waals surface area contributed by atoms with Crippen LogP contribution in [0.4, 0.5) is 11.4 Å². The summed E-state index contributed by atoms with van der Waals surface area (Å²) >= 11 is 2.21. The highest BCUT2D eigenvalue weighted by Gasteiger charge is 2.56. The first-order chi connectivity index (χ1) is 18.4. The summed E-state index contributed by atoms with van der Waals surface area (Å²) in [5.74, 6) is -1.52. The quantitative estimate of drug-likeness (QED) is 0.211. The number of fused-ring (bicyclic) bond motifs is 2. The van der Waals surface area contributed by atoms with E-state index in [1.807, 2.05) is 54.6 Å². The van der Waals surface area contributed by atoms with Crippen molar-refractivity contribution in [2.45, 2.75) is 22.8 Å². The Hall–Kier alpha value is -4.22. The van der Waals surface area contributed by atoms with Crippen molar-refractivity contribution >= 4 is 46.3 Å². The molecule has 9 nitrogen and oxygen atoms in total. The third kappa shape index (κ3) is 4.19. The standard InChI is InChI=1S/C27H19N3O6S2/c31-25-21-20(16-7-4-8-19(13-16)36-14-15-5-2-1-3-6-15)22-24(28-27(33)38-22)37-23(21)26(32)29(25)17-9-11-18(12-10-17)30(34)35/h1-13,20-21,23H,14H2,(H,28,33)/t20-,21?,23?/m1/s1. The Labute approximate surface area is 224 Å². The van der Waals surface area contributed by atoms with E-state index in [9.17, 15) is 24.5 Å². The van der Waals surface area contributed by atoms with Gasteiger partial charge in [0.1, 0.15) is 17.6 Å². The molecule has 1 N–H and O–H groups in total. The van der Waals surface area contributed by atoms with Crippen molar-refractivity contribution in [1.82, 2.24) is 4.98 Å². The van der Waals surface area contributed by atoms with Crippen LogP contribution in [0.15, 0.2) is 88.7 Å². The van der Waals surface area contributed by atoms with Gasteiger partial charge < -0.3 is 9.72 Å². The SMILES string of the molecule is O=C1C2Sc3[nH]c(=O)sc3[C@H](c3cccc(OCc4ccccc4)c3)C2C(=O)N1c1ccc([N+](=O)[O-])cc1. The minimum atomic E-state index is -0.758. The van der Waals surface area contributed by atoms with E-state index in [1.165, 1.54) is 36.0 Å². The van der Waals surface area contributed by atoms with Crippen LogP contribution in [0.2, 0.25) is 0 Å². The van der Waals surface area contributed by atoms with Gasteiger partial charge in [-0.3, -0.25) is 24.5 Å². The highest BCUT2D eigenvalue weighted by Crippen LogP contribution is 2.53. The lowest BCUT2D eigenvalue weighted by Gasteiger charge is -2.30. The fraction of sp³-hybridized carbons (Fsp3) is 0.148. The summed E-state index contributed by atoms with van der Waals surface area (Å²) in [6.07, 6.45) is 0. The molecule has 4 aromatic rings. The Morgan fingerprint density at radius 1 is 0.947 bits per heavy atom. The smallest absolute Gasteiger partial charge is 0.305 e. The molecule has 6 rings (SSSR count). The number of hydrogen-bond acceptors (Lipinski definition) is 8. The van der Waals surface area contributed by atoms with Crippen LogP contribution in [-0.4, -0.2) is 27.0 Å². The van der Waals surface area contributed by atoms with Gasteiger partial charge in [-0.05, 0) is 35.4 Å². The largest absolute Gasteiger partial charge is 0.489 e. The van der Waals surface area contributed by atoms with Crippen LogP contribution < -0.4 is 14.5 Å². The molecule has 2 aliphatic heterocycles. The Balaban J connectivity index is 1.37. The van der Waals surface area contributed by atoms with Crippen molar-refractivity contribution in [2.75, 3.05) is 4.90 Å². The molecule has 3 aromatic carbocycles. The zero-order valence-corrected chi connectivity index (χ0v) is 21.2. The number of thioether (sulfide) groups is 1. The number of nitrogens with zero attached hydrogens (tertiary/aromatic N) is 2. The first kappa shape index (κ1) is 24.1. The summed E-state index contributed by atoms with van der Waals surface area (Å²) in [7, 11) is 0. The monoisotopic (exact) mass is 545 g/mol. The second-order valence-corrected chi connectivity index (χ2v) is 11.0. The number of nitro benzene ring substituents is 1. The summed E-state index contributed by atoms with van der Waals surface area (Å²) in [5, 5.41) is 10.9. The van der Waals surface area contributed by atoms with Crippen molar-refractivity contribution in [2.24, 2.45) is 5.92 Å². The van der Waals surface area contributed by atoms with Gasteiger partial charge >= 0.3 is 4.87 Å². The molecule has 2 unspecified atom stereocenters. The maximum absolute atomic E-state index is 13.8. The highest BCUT2D eigenvalue weighted by molar-refractivity contribution is 8.00. The number of carbonyl (C=O) groups is 2. The lowest BCUT2D eigenvalue weighted by Crippen LogP contribution is -2.32. The number of ether oxygens (including phenoxy) is 1. The lowest BCUT2D eigenvalue weighted by atomic mass is 9.83. The van der Waals surface area contributed by atoms with Gasteiger partial charge in [0.25, 0.3) is 5.69 Å². The number of non-ortho nitro benzene ring substituents is 1. The number of aromatic nitrogens is 1. The summed E-state index contributed by atoms with van der Waals surface area (Å²) < 4.78 is 6.01. The van der Waals surface area contributed by atoms with Gasteiger partial charge in [-0.1, -0.05) is 65.6 Å². The number of anilines is 1. The lowest BCUT2D eigenvalue weighted by molar-refractivity contribution is -0.384. The topological polar surface area (TPSA) is 123 Å². The molecule has 0 bridgehead atoms. The van der Waals surface area contributed by atoms with Gasteiger partial charge in [-0.25, -0.2) is 4.90 Å². The summed E-state index contributed by atoms with van der Waals surface area (Å²) in [4.78, 5) is 54.5. The molecule has 0 radical (unpaired) electrons. The van der Waals surface area contributed by atoms with Gasteiger partial charge in [0.05, 0.1) is 21.6 Å². The van der Waals surface area contributed by atoms with Crippen molar-refractivity contribution in [3.8, 4) is 5.75 Å². The number of hydrogen-bond donors (Lipinski definition) is 1. The molecule has 2 aliphatic rings. The van der Waals surface area contributed by atoms with E-state index in [2.05, 4.69) is 4.98 Å². The minimum absolute atomic E-state index is 0.135. The second kappa shape index (κ2) is 9.58. The zero-order chi connectivity index (χ0) is 26.4. The molecule has 3 heterocycles. The van der Waals surface area contributed by atoms with Crippen molar-refractivity contribution in [3.63, 3.8) is 0 Å². The molecule has 38 heavy (non-hydrogen) atoms. The van der Waals surface area contributed by atoms with Crippen molar-refractivity contribution in [3.05, 3.63) is 115 Å². The average Bonchev–Trinajstić information content (AvgIpc) is 3.42. The molecule has 0 spiro atoms. The number of nitro groups is 1. The van der Waals surface area contributed by atoms with Gasteiger partial charge in [0, 0.05) is 22.9 Å². The first-order valence-electron chi connectivity index (χ1n) is 11.7. The third-order valence-corrected chi connectivity index (χ3v) is 9.01. The van der Waals surface area contributed by atoms with Crippen LogP contribution in [0.3, 0.4) is 0 Å². The number of amides is 2. The molecule has 0 saturated carbocycles. The number of nitrogens with one attached hydrogen (secondary N) is 1. The van der Waals surface area contributed by atoms with Gasteiger partial charge in [0.2, 0.25) is 11.8 Å². The van der Waals surface area contributed by atoms with E-state index >= 15 is 0 Å². The molecule has 0 aliphatic carbocycles. The predicted octanol–water partition coefficient (Wildman–Crippen LogP) is 4.72. The number of H-pyrrole nitrogens is 1. The van der Waals surface area contributed by atoms with Crippen LogP contribution in [0.5, 0.6) is 5.75 Å². The fourth-order valence-corrected chi connectivity index (χ4v) is 7.41. The Bertz CT molecular complexity index is 1620. The normalized spacial score (nSPS) is 20.2. The number of aromatic amines is 1. The minimum Gasteiger partial charge on any atom is -0.489 e. The second-order valence-electron chi connectivity index (χ2n) is 8.88. The average molecular weight is 546 g/mol. The number of benzene rings is 3. The van der Waals surface area contributed by atoms with Crippen LogP contribution in [-0.2, 0) is 16.2 Å². The molecule has 1 aromatic heterocycles. The van der Waals surface area contributed by atoms with Gasteiger partial charge in [-0.15, -0.1) is 0 Å². The summed E-state index contributed by atoms with van der Waals surface area (Å²) in [5.41, 5.74) is 1.91. The molecular weight excluding hydrogens is 526 g/mol. The molecule has 2 amide bonds. The summed E-state index contributed by atoms with van der Waals surface area (Å²) in [6.45, 7) is 0.366. The fourth-order valence-electron chi connectivity index (χ4n) is 4.89. The van der Waals surface area contributed by atoms with Crippen LogP contribution in [0, 0.1) is 16.0 Å².